The van der Waals surface area contributed by atoms with Gasteiger partial charge in [0.15, 0.2) is 6.29 Å². The van der Waals surface area contributed by atoms with E-state index in [0.29, 0.717) is 24.7 Å². The molecule has 1 fully saturated rings. The summed E-state index contributed by atoms with van der Waals surface area (Å²) in [6, 6.07) is 13.5. The smallest absolute Gasteiger partial charge is 0.183 e. The molecule has 0 spiro atoms. The summed E-state index contributed by atoms with van der Waals surface area (Å²) in [5.74, 6) is 0.231. The monoisotopic (exact) mass is 384 g/mol. The third kappa shape index (κ3) is 5.65. The lowest BCUT2D eigenvalue weighted by atomic mass is 9.99. The third-order valence-electron chi connectivity index (χ3n) is 5.53. The van der Waals surface area contributed by atoms with Gasteiger partial charge in [-0.05, 0) is 36.5 Å². The van der Waals surface area contributed by atoms with Crippen LogP contribution in [0, 0.1) is 11.7 Å². The quantitative estimate of drug-likeness (QED) is 0.430. The number of unbranched alkanes of at least 4 members (excludes halogenated alkanes) is 3. The summed E-state index contributed by atoms with van der Waals surface area (Å²) in [4.78, 5) is 0. The molecule has 2 aromatic carbocycles. The Bertz CT molecular complexity index is 718. The van der Waals surface area contributed by atoms with E-state index in [9.17, 15) is 4.39 Å². The maximum absolute atomic E-state index is 14.8. The van der Waals surface area contributed by atoms with E-state index in [4.69, 9.17) is 9.47 Å². The van der Waals surface area contributed by atoms with Crippen molar-refractivity contribution >= 4 is 0 Å². The number of benzene rings is 2. The molecule has 3 rings (SSSR count). The first kappa shape index (κ1) is 21.0. The molecule has 28 heavy (non-hydrogen) atoms. The minimum atomic E-state index is -0.456. The average molecular weight is 385 g/mol. The zero-order valence-electron chi connectivity index (χ0n) is 17.3. The highest BCUT2D eigenvalue weighted by Crippen LogP contribution is 2.31. The van der Waals surface area contributed by atoms with Crippen LogP contribution in [0.25, 0.3) is 11.1 Å². The second kappa shape index (κ2) is 10.7. The van der Waals surface area contributed by atoms with Gasteiger partial charge >= 0.3 is 0 Å². The van der Waals surface area contributed by atoms with Gasteiger partial charge in [0, 0.05) is 17.0 Å². The highest BCUT2D eigenvalue weighted by molar-refractivity contribution is 5.64. The van der Waals surface area contributed by atoms with Gasteiger partial charge in [-0.2, -0.15) is 0 Å². The van der Waals surface area contributed by atoms with Crippen LogP contribution in [0.5, 0.6) is 0 Å². The molecule has 2 nitrogen and oxygen atoms in total. The van der Waals surface area contributed by atoms with Gasteiger partial charge in [-0.3, -0.25) is 0 Å². The number of ether oxygens (including phenoxy) is 2. The molecule has 0 aromatic heterocycles. The minimum Gasteiger partial charge on any atom is -0.348 e. The van der Waals surface area contributed by atoms with Gasteiger partial charge in [-0.25, -0.2) is 4.39 Å². The van der Waals surface area contributed by atoms with Crippen LogP contribution in [0.2, 0.25) is 0 Å². The fraction of sp³-hybridized carbons (Fsp3) is 0.520. The molecule has 0 unspecified atom stereocenters. The van der Waals surface area contributed by atoms with Gasteiger partial charge in [0.05, 0.1) is 13.2 Å². The van der Waals surface area contributed by atoms with Crippen molar-refractivity contribution in [1.82, 2.24) is 0 Å². The summed E-state index contributed by atoms with van der Waals surface area (Å²) < 4.78 is 26.5. The molecule has 1 heterocycles. The van der Waals surface area contributed by atoms with E-state index in [1.165, 1.54) is 37.7 Å². The van der Waals surface area contributed by atoms with Crippen LogP contribution in [0.3, 0.4) is 0 Å². The van der Waals surface area contributed by atoms with E-state index in [-0.39, 0.29) is 5.82 Å². The van der Waals surface area contributed by atoms with Crippen LogP contribution in [0.1, 0.15) is 69.8 Å². The molecule has 0 amide bonds. The summed E-state index contributed by atoms with van der Waals surface area (Å²) in [5, 5.41) is 0. The van der Waals surface area contributed by atoms with Crippen LogP contribution in [-0.2, 0) is 15.9 Å². The summed E-state index contributed by atoms with van der Waals surface area (Å²) >= 11 is 0. The van der Waals surface area contributed by atoms with E-state index in [0.717, 1.165) is 24.0 Å². The maximum Gasteiger partial charge on any atom is 0.183 e. The number of aryl methyl sites for hydroxylation is 1. The summed E-state index contributed by atoms with van der Waals surface area (Å²) in [6.07, 6.45) is 7.83. The van der Waals surface area contributed by atoms with Crippen LogP contribution in [0.15, 0.2) is 42.5 Å². The lowest BCUT2D eigenvalue weighted by Crippen LogP contribution is -2.27. The van der Waals surface area contributed by atoms with Crippen molar-refractivity contribution in [1.29, 1.82) is 0 Å². The highest BCUT2D eigenvalue weighted by Gasteiger charge is 2.24. The fourth-order valence-electron chi connectivity index (χ4n) is 3.73. The second-order valence-corrected chi connectivity index (χ2v) is 7.90. The molecular formula is C25H33FO2. The van der Waals surface area contributed by atoms with E-state index in [1.54, 1.807) is 6.07 Å². The second-order valence-electron chi connectivity index (χ2n) is 7.90. The van der Waals surface area contributed by atoms with Crippen molar-refractivity contribution in [3.8, 4) is 11.1 Å². The van der Waals surface area contributed by atoms with Gasteiger partial charge < -0.3 is 9.47 Å². The zero-order valence-corrected chi connectivity index (χ0v) is 17.3. The standard InChI is InChI=1S/C25H33FO2/c1-3-5-7-9-20-17-27-25(28-18-20)22-14-15-23(24(26)16-22)21-12-10-19(11-13-21)8-6-4-2/h10-16,20,25H,3-9,17-18H2,1-2H3. The van der Waals surface area contributed by atoms with Gasteiger partial charge in [0.1, 0.15) is 5.82 Å². The molecule has 152 valence electrons. The first-order valence-electron chi connectivity index (χ1n) is 10.8. The summed E-state index contributed by atoms with van der Waals surface area (Å²) in [6.45, 7) is 5.79. The molecule has 0 bridgehead atoms. The van der Waals surface area contributed by atoms with E-state index in [1.807, 2.05) is 24.3 Å². The third-order valence-corrected chi connectivity index (χ3v) is 5.53. The van der Waals surface area contributed by atoms with Gasteiger partial charge in [-0.1, -0.05) is 75.9 Å². The molecule has 1 aliphatic heterocycles. The largest absolute Gasteiger partial charge is 0.348 e. The lowest BCUT2D eigenvalue weighted by Gasteiger charge is -2.29. The van der Waals surface area contributed by atoms with E-state index < -0.39 is 6.29 Å². The molecular weight excluding hydrogens is 351 g/mol. The first-order chi connectivity index (χ1) is 13.7. The Labute approximate surface area is 169 Å². The fourth-order valence-corrected chi connectivity index (χ4v) is 3.73. The van der Waals surface area contributed by atoms with Crippen LogP contribution < -0.4 is 0 Å². The molecule has 0 saturated carbocycles. The highest BCUT2D eigenvalue weighted by atomic mass is 19.1. The Hall–Kier alpha value is -1.71. The van der Waals surface area contributed by atoms with Crippen molar-refractivity contribution in [3.05, 3.63) is 59.4 Å². The SMILES string of the molecule is CCCCCC1COC(c2ccc(-c3ccc(CCCC)cc3)c(F)c2)OC1. The number of halogens is 1. The normalized spacial score (nSPS) is 19.7. The van der Waals surface area contributed by atoms with Crippen molar-refractivity contribution < 1.29 is 13.9 Å². The molecule has 1 aliphatic rings. The first-order valence-corrected chi connectivity index (χ1v) is 10.8. The summed E-state index contributed by atoms with van der Waals surface area (Å²) in [5.41, 5.74) is 3.60. The van der Waals surface area contributed by atoms with Crippen LogP contribution >= 0.6 is 0 Å². The number of hydrogen-bond acceptors (Lipinski definition) is 2. The zero-order chi connectivity index (χ0) is 19.8. The molecule has 0 N–H and O–H groups in total. The average Bonchev–Trinajstić information content (AvgIpc) is 2.73. The molecule has 0 aliphatic carbocycles. The molecule has 3 heteroatoms. The van der Waals surface area contributed by atoms with Crippen molar-refractivity contribution in [3.63, 3.8) is 0 Å². The molecule has 1 saturated heterocycles. The number of rotatable bonds is 9. The Kier molecular flexibility index (Phi) is 8.05. The predicted molar refractivity (Wildman–Crippen MR) is 113 cm³/mol. The van der Waals surface area contributed by atoms with Gasteiger partial charge in [0.25, 0.3) is 0 Å². The topological polar surface area (TPSA) is 18.5 Å². The molecule has 0 atom stereocenters. The van der Waals surface area contributed by atoms with Crippen LogP contribution in [-0.4, -0.2) is 13.2 Å². The molecule has 0 radical (unpaired) electrons. The van der Waals surface area contributed by atoms with E-state index >= 15 is 0 Å². The predicted octanol–water partition coefficient (Wildman–Crippen LogP) is 7.08. The van der Waals surface area contributed by atoms with Gasteiger partial charge in [0.2, 0.25) is 0 Å². The van der Waals surface area contributed by atoms with Crippen molar-refractivity contribution in [2.45, 2.75) is 65.1 Å². The minimum absolute atomic E-state index is 0.226. The Morgan fingerprint density at radius 3 is 2.25 bits per heavy atom. The summed E-state index contributed by atoms with van der Waals surface area (Å²) in [7, 11) is 0. The Morgan fingerprint density at radius 1 is 0.893 bits per heavy atom. The van der Waals surface area contributed by atoms with Crippen molar-refractivity contribution in [2.24, 2.45) is 5.92 Å². The van der Waals surface area contributed by atoms with Crippen LogP contribution in [0.4, 0.5) is 4.39 Å². The Balaban J connectivity index is 1.60. The number of hydrogen-bond donors (Lipinski definition) is 0. The van der Waals surface area contributed by atoms with Gasteiger partial charge in [-0.15, -0.1) is 0 Å². The van der Waals surface area contributed by atoms with Crippen molar-refractivity contribution in [2.75, 3.05) is 13.2 Å². The Morgan fingerprint density at radius 2 is 1.61 bits per heavy atom. The molecule has 2 aromatic rings. The lowest BCUT2D eigenvalue weighted by molar-refractivity contribution is -0.206. The van der Waals surface area contributed by atoms with E-state index in [2.05, 4.69) is 26.0 Å². The maximum atomic E-state index is 14.8.